The maximum Gasteiger partial charge on any atom is 0.236 e. The van der Waals surface area contributed by atoms with Crippen LogP contribution in [-0.2, 0) is 10.2 Å². The Balaban J connectivity index is 2.00. The highest BCUT2D eigenvalue weighted by atomic mass is 16.5. The highest BCUT2D eigenvalue weighted by Gasteiger charge is 2.32. The van der Waals surface area contributed by atoms with Crippen LogP contribution in [0.1, 0.15) is 26.3 Å². The fourth-order valence-electron chi connectivity index (χ4n) is 2.21. The summed E-state index contributed by atoms with van der Waals surface area (Å²) in [7, 11) is 0. The van der Waals surface area contributed by atoms with Gasteiger partial charge in [-0.1, -0.05) is 39.0 Å². The van der Waals surface area contributed by atoms with E-state index in [9.17, 15) is 4.79 Å². The van der Waals surface area contributed by atoms with E-state index in [1.165, 1.54) is 5.56 Å². The number of rotatable bonds is 3. The summed E-state index contributed by atoms with van der Waals surface area (Å²) >= 11 is 0. The van der Waals surface area contributed by atoms with Gasteiger partial charge in [0.25, 0.3) is 0 Å². The van der Waals surface area contributed by atoms with E-state index in [-0.39, 0.29) is 24.0 Å². The van der Waals surface area contributed by atoms with E-state index in [0.717, 1.165) is 5.75 Å². The third-order valence-electron chi connectivity index (χ3n) is 3.36. The molecule has 1 fully saturated rings. The van der Waals surface area contributed by atoms with E-state index in [0.29, 0.717) is 13.1 Å². The molecule has 0 aromatic heterocycles. The number of likely N-dealkylation sites (tertiary alicyclic amines) is 1. The van der Waals surface area contributed by atoms with Crippen molar-refractivity contribution in [3.63, 3.8) is 0 Å². The van der Waals surface area contributed by atoms with Crippen molar-refractivity contribution in [2.24, 2.45) is 5.73 Å². The number of carbonyl (C=O) groups excluding carboxylic acids is 1. The number of hydrogen-bond donors (Lipinski definition) is 1. The minimum Gasteiger partial charge on any atom is -0.486 e. The van der Waals surface area contributed by atoms with Gasteiger partial charge in [-0.05, 0) is 17.0 Å². The molecule has 0 spiro atoms. The molecule has 1 saturated heterocycles. The molecule has 4 heteroatoms. The Kier molecular flexibility index (Phi) is 3.80. The fourth-order valence-corrected chi connectivity index (χ4v) is 2.21. The molecule has 1 aromatic rings. The van der Waals surface area contributed by atoms with Gasteiger partial charge in [-0.15, -0.1) is 0 Å². The van der Waals surface area contributed by atoms with Gasteiger partial charge in [-0.3, -0.25) is 4.79 Å². The summed E-state index contributed by atoms with van der Waals surface area (Å²) in [5, 5.41) is 0. The molecule has 0 radical (unpaired) electrons. The molecule has 1 aromatic carbocycles. The molecular formula is C15H22N2O2. The first kappa shape index (κ1) is 13.9. The number of carbonyl (C=O) groups is 1. The van der Waals surface area contributed by atoms with Crippen molar-refractivity contribution in [2.75, 3.05) is 19.6 Å². The second kappa shape index (κ2) is 5.21. The monoisotopic (exact) mass is 262 g/mol. The van der Waals surface area contributed by atoms with Gasteiger partial charge in [-0.25, -0.2) is 0 Å². The molecular weight excluding hydrogens is 240 g/mol. The molecule has 0 unspecified atom stereocenters. The minimum absolute atomic E-state index is 0.0102. The van der Waals surface area contributed by atoms with Gasteiger partial charge in [0.1, 0.15) is 11.9 Å². The van der Waals surface area contributed by atoms with Crippen LogP contribution in [0.2, 0.25) is 0 Å². The summed E-state index contributed by atoms with van der Waals surface area (Å²) in [5.74, 6) is 0.906. The van der Waals surface area contributed by atoms with Gasteiger partial charge in [0.2, 0.25) is 5.91 Å². The van der Waals surface area contributed by atoms with Crippen molar-refractivity contribution in [3.05, 3.63) is 29.8 Å². The van der Waals surface area contributed by atoms with Gasteiger partial charge in [0.05, 0.1) is 19.6 Å². The van der Waals surface area contributed by atoms with Gasteiger partial charge >= 0.3 is 0 Å². The summed E-state index contributed by atoms with van der Waals surface area (Å²) in [6, 6.07) is 8.09. The van der Waals surface area contributed by atoms with Crippen LogP contribution in [0.5, 0.6) is 5.75 Å². The van der Waals surface area contributed by atoms with Crippen molar-refractivity contribution < 1.29 is 9.53 Å². The van der Waals surface area contributed by atoms with Crippen LogP contribution in [-0.4, -0.2) is 36.5 Å². The van der Waals surface area contributed by atoms with Crippen LogP contribution < -0.4 is 10.5 Å². The van der Waals surface area contributed by atoms with Crippen LogP contribution in [0.15, 0.2) is 24.3 Å². The first-order valence-electron chi connectivity index (χ1n) is 6.66. The Morgan fingerprint density at radius 2 is 2.00 bits per heavy atom. The number of nitrogens with two attached hydrogens (primary N) is 1. The van der Waals surface area contributed by atoms with Gasteiger partial charge in [0, 0.05) is 0 Å². The van der Waals surface area contributed by atoms with E-state index in [1.807, 2.05) is 18.2 Å². The second-order valence-corrected chi connectivity index (χ2v) is 5.99. The predicted molar refractivity (Wildman–Crippen MR) is 75.2 cm³/mol. The molecule has 2 N–H and O–H groups in total. The zero-order chi connectivity index (χ0) is 14.0. The maximum absolute atomic E-state index is 11.4. The molecule has 104 valence electrons. The molecule has 0 bridgehead atoms. The number of ether oxygens (including phenoxy) is 1. The van der Waals surface area contributed by atoms with Crippen molar-refractivity contribution in [1.29, 1.82) is 0 Å². The summed E-state index contributed by atoms with van der Waals surface area (Å²) in [6.45, 7) is 7.84. The van der Waals surface area contributed by atoms with Crippen LogP contribution in [0.4, 0.5) is 0 Å². The normalized spacial score (nSPS) is 16.1. The molecule has 1 heterocycles. The molecule has 0 saturated carbocycles. The van der Waals surface area contributed by atoms with Crippen molar-refractivity contribution >= 4 is 5.91 Å². The third kappa shape index (κ3) is 3.07. The average Bonchev–Trinajstić information content (AvgIpc) is 2.31. The zero-order valence-corrected chi connectivity index (χ0v) is 11.8. The highest BCUT2D eigenvalue weighted by Crippen LogP contribution is 2.32. The van der Waals surface area contributed by atoms with Crippen LogP contribution in [0.25, 0.3) is 0 Å². The highest BCUT2D eigenvalue weighted by molar-refractivity contribution is 5.78. The van der Waals surface area contributed by atoms with Crippen molar-refractivity contribution in [3.8, 4) is 5.75 Å². The number of nitrogens with zero attached hydrogens (tertiary/aromatic N) is 1. The number of hydrogen-bond acceptors (Lipinski definition) is 3. The number of benzene rings is 1. The lowest BCUT2D eigenvalue weighted by Gasteiger charge is -2.39. The quantitative estimate of drug-likeness (QED) is 0.899. The Morgan fingerprint density at radius 3 is 2.58 bits per heavy atom. The summed E-state index contributed by atoms with van der Waals surface area (Å²) in [5.41, 5.74) is 6.57. The second-order valence-electron chi connectivity index (χ2n) is 5.99. The molecule has 0 atom stereocenters. The molecule has 0 aliphatic carbocycles. The Bertz CT molecular complexity index is 459. The lowest BCUT2D eigenvalue weighted by molar-refractivity contribution is -0.138. The Morgan fingerprint density at radius 1 is 1.37 bits per heavy atom. The molecule has 1 amide bonds. The number of amides is 1. The Hall–Kier alpha value is -1.55. The lowest BCUT2D eigenvalue weighted by atomic mass is 9.86. The molecule has 1 aliphatic heterocycles. The summed E-state index contributed by atoms with van der Waals surface area (Å²) in [6.07, 6.45) is 0.0824. The smallest absolute Gasteiger partial charge is 0.236 e. The van der Waals surface area contributed by atoms with Crippen LogP contribution >= 0.6 is 0 Å². The van der Waals surface area contributed by atoms with Gasteiger partial charge < -0.3 is 15.4 Å². The van der Waals surface area contributed by atoms with E-state index < -0.39 is 0 Å². The SMILES string of the molecule is CC(C)(C)c1ccccc1OC1CN(C(=O)CN)C1. The van der Waals surface area contributed by atoms with E-state index in [2.05, 4.69) is 26.8 Å². The first-order valence-corrected chi connectivity index (χ1v) is 6.66. The van der Waals surface area contributed by atoms with Crippen LogP contribution in [0, 0.1) is 0 Å². The third-order valence-corrected chi connectivity index (χ3v) is 3.36. The Labute approximate surface area is 114 Å². The standard InChI is InChI=1S/C15H22N2O2/c1-15(2,3)12-6-4-5-7-13(12)19-11-9-17(10-11)14(18)8-16/h4-7,11H,8-10,16H2,1-3H3. The zero-order valence-electron chi connectivity index (χ0n) is 11.8. The fraction of sp³-hybridized carbons (Fsp3) is 0.533. The molecule has 4 nitrogen and oxygen atoms in total. The number of para-hydroxylation sites is 1. The van der Waals surface area contributed by atoms with Crippen molar-refractivity contribution in [2.45, 2.75) is 32.3 Å². The lowest BCUT2D eigenvalue weighted by Crippen LogP contribution is -2.57. The predicted octanol–water partition coefficient (Wildman–Crippen LogP) is 1.53. The largest absolute Gasteiger partial charge is 0.486 e. The summed E-state index contributed by atoms with van der Waals surface area (Å²) < 4.78 is 6.00. The summed E-state index contributed by atoms with van der Waals surface area (Å²) in [4.78, 5) is 13.1. The van der Waals surface area contributed by atoms with Gasteiger partial charge in [-0.2, -0.15) is 0 Å². The first-order chi connectivity index (χ1) is 8.91. The molecule has 19 heavy (non-hydrogen) atoms. The van der Waals surface area contributed by atoms with E-state index in [1.54, 1.807) is 4.90 Å². The molecule has 1 aliphatic rings. The van der Waals surface area contributed by atoms with Crippen molar-refractivity contribution in [1.82, 2.24) is 4.90 Å². The van der Waals surface area contributed by atoms with E-state index in [4.69, 9.17) is 10.5 Å². The minimum atomic E-state index is -0.0102. The molecule has 2 rings (SSSR count). The maximum atomic E-state index is 11.4. The topological polar surface area (TPSA) is 55.6 Å². The van der Waals surface area contributed by atoms with Crippen LogP contribution in [0.3, 0.4) is 0 Å². The van der Waals surface area contributed by atoms with Gasteiger partial charge in [0.15, 0.2) is 0 Å². The average molecular weight is 262 g/mol. The van der Waals surface area contributed by atoms with E-state index >= 15 is 0 Å².